The monoisotopic (exact) mass is 1680 g/mol. The smallest absolute Gasteiger partial charge is 0.132 e. The second-order valence-corrected chi connectivity index (χ2v) is 33.6. The maximum absolute atomic E-state index is 6.79. The summed E-state index contributed by atoms with van der Waals surface area (Å²) in [6.45, 7) is 19.3. The van der Waals surface area contributed by atoms with E-state index in [0.717, 1.165) is 192 Å². The summed E-state index contributed by atoms with van der Waals surface area (Å²) in [5, 5.41) is 7.92. The van der Waals surface area contributed by atoms with Gasteiger partial charge in [-0.05, 0) is 157 Å². The fourth-order valence-electron chi connectivity index (χ4n) is 16.4. The molecule has 0 atom stereocenters. The number of unbranched alkanes of at least 4 members (excludes halogenated alkanes) is 27. The Labute approximate surface area is 727 Å². The van der Waals surface area contributed by atoms with E-state index in [2.05, 4.69) is 122 Å². The quantitative estimate of drug-likeness (QED) is 0.0201. The molecule has 624 valence electrons. The summed E-state index contributed by atoms with van der Waals surface area (Å²) in [4.78, 5) is 58.1. The Morgan fingerprint density at radius 3 is 0.883 bits per heavy atom. The Morgan fingerprint density at radius 2 is 0.500 bits per heavy atom. The van der Waals surface area contributed by atoms with Crippen molar-refractivity contribution in [1.29, 1.82) is 0 Å². The molecular formula is C101H114Cl4N12O3. The van der Waals surface area contributed by atoms with Crippen LogP contribution < -0.4 is 14.2 Å². The van der Waals surface area contributed by atoms with Crippen LogP contribution in [-0.2, 0) is 0 Å². The molecule has 0 aliphatic heterocycles. The molecule has 15 rings (SSSR count). The fourth-order valence-corrected chi connectivity index (χ4v) is 17.1. The number of nitrogens with zero attached hydrogens (tertiary/aromatic N) is 12. The highest BCUT2D eigenvalue weighted by atomic mass is 35.5. The lowest BCUT2D eigenvalue weighted by Gasteiger charge is -2.17. The maximum atomic E-state index is 6.79. The summed E-state index contributed by atoms with van der Waals surface area (Å²) in [5.41, 5.74) is 19.5. The van der Waals surface area contributed by atoms with E-state index < -0.39 is 0 Å². The van der Waals surface area contributed by atoms with E-state index in [1.54, 1.807) is 36.7 Å². The minimum atomic E-state index is 0.440. The van der Waals surface area contributed by atoms with Gasteiger partial charge >= 0.3 is 0 Å². The molecule has 0 bridgehead atoms. The number of aromatic nitrogens is 12. The van der Waals surface area contributed by atoms with Gasteiger partial charge in [-0.15, -0.1) is 0 Å². The van der Waals surface area contributed by atoms with Crippen molar-refractivity contribution < 1.29 is 14.2 Å². The molecule has 0 saturated carbocycles. The van der Waals surface area contributed by atoms with Crippen molar-refractivity contribution in [3.8, 4) is 51.0 Å². The molecule has 0 spiro atoms. The number of halogens is 4. The van der Waals surface area contributed by atoms with Crippen molar-refractivity contribution >= 4 is 145 Å². The predicted molar refractivity (Wildman–Crippen MR) is 502 cm³/mol. The van der Waals surface area contributed by atoms with E-state index in [1.807, 2.05) is 68.1 Å². The van der Waals surface area contributed by atoms with Crippen LogP contribution in [0.2, 0.25) is 20.4 Å². The lowest BCUT2D eigenvalue weighted by atomic mass is 9.99. The molecule has 12 heterocycles. The van der Waals surface area contributed by atoms with E-state index >= 15 is 0 Å². The third-order valence-electron chi connectivity index (χ3n) is 23.1. The third-order valence-corrected chi connectivity index (χ3v) is 24.2. The number of rotatable bonds is 39. The van der Waals surface area contributed by atoms with Crippen LogP contribution in [-0.4, -0.2) is 79.6 Å². The summed E-state index contributed by atoms with van der Waals surface area (Å²) in [6, 6.07) is 35.9. The zero-order valence-electron chi connectivity index (χ0n) is 71.3. The maximum Gasteiger partial charge on any atom is 0.132 e. The van der Waals surface area contributed by atoms with Gasteiger partial charge in [-0.1, -0.05) is 253 Å². The molecule has 0 fully saturated rings. The van der Waals surface area contributed by atoms with Crippen molar-refractivity contribution in [3.63, 3.8) is 0 Å². The molecule has 0 saturated heterocycles. The van der Waals surface area contributed by atoms with Gasteiger partial charge in [0.25, 0.3) is 0 Å². The van der Waals surface area contributed by atoms with E-state index in [9.17, 15) is 0 Å². The largest absolute Gasteiger partial charge is 0.493 e. The van der Waals surface area contributed by atoms with Crippen molar-refractivity contribution in [2.75, 3.05) is 19.8 Å². The van der Waals surface area contributed by atoms with Crippen LogP contribution in [0.5, 0.6) is 17.2 Å². The second-order valence-electron chi connectivity index (χ2n) is 32.0. The Kier molecular flexibility index (Phi) is 32.5. The topological polar surface area (TPSA) is 182 Å². The standard InChI is InChI=1S/C68H78N8O2.C25H32Cl2N2O.C8H4Cl2N2/c1-7-9-11-13-15-17-19-21-23-25-43-77-67-47(5)49-29-33-57(74-63(49)65-54(67)28-27-46(4)73-65)52-37-41-72-62-53(38-42-71-61(52)62)58-34-31-55-66(76-58)64-50(48(6)68(55)78-44-26-24-22-20-18-16-14-12-10-8-2)30-32-56(75-64)51-36-40-69-59-45(3)35-39-70-60(51)59;1-3-4-5-6-7-8-9-10-11-12-17-30-25-18(2)19-13-15-21(26)28-23(19)24-20(25)14-16-22(27)29-24;9-5-1-3-11-8-6(10)2-4-12-7(5)8/h27-42H,7-26,43-44H2,1-6H3;13-16H,3-12,17H2,1-2H3;1-4H. The first-order valence-corrected chi connectivity index (χ1v) is 45.6. The lowest BCUT2D eigenvalue weighted by molar-refractivity contribution is 0.306. The van der Waals surface area contributed by atoms with Crippen LogP contribution >= 0.6 is 46.4 Å². The van der Waals surface area contributed by atoms with Gasteiger partial charge in [-0.2, -0.15) is 0 Å². The first kappa shape index (κ1) is 88.2. The van der Waals surface area contributed by atoms with Crippen LogP contribution in [0, 0.1) is 34.6 Å². The van der Waals surface area contributed by atoms with Gasteiger partial charge in [0.15, 0.2) is 0 Å². The molecule has 0 radical (unpaired) electrons. The van der Waals surface area contributed by atoms with E-state index in [0.29, 0.717) is 51.2 Å². The molecule has 15 nitrogen and oxygen atoms in total. The number of pyridine rings is 12. The highest BCUT2D eigenvalue weighted by molar-refractivity contribution is 6.38. The summed E-state index contributed by atoms with van der Waals surface area (Å²) >= 11 is 24.0. The minimum Gasteiger partial charge on any atom is -0.493 e. The first-order valence-electron chi connectivity index (χ1n) is 44.1. The van der Waals surface area contributed by atoms with E-state index in [-0.39, 0.29) is 0 Å². The van der Waals surface area contributed by atoms with Gasteiger partial charge < -0.3 is 14.2 Å². The average Bonchev–Trinajstić information content (AvgIpc) is 0.358. The number of hydrogen-bond donors (Lipinski definition) is 0. The third kappa shape index (κ3) is 21.8. The van der Waals surface area contributed by atoms with Crippen molar-refractivity contribution in [1.82, 2.24) is 59.8 Å². The molecule has 15 aromatic rings. The Hall–Kier alpha value is -9.64. The SMILES string of the molecule is CCCCCCCCCCCCOc1c(C)c2ccc(-c3ccnc4c(-c5ccc6c(OCCCCCCCCCCCC)c(C)c7ccc(-c8ccnc9c(C)ccnc89)nc7c6n5)ccnc34)nc2c2nc(C)ccc12.CCCCCCCCCCCCOc1c(C)c2ccc(Cl)nc2c2nc(Cl)ccc12.Clc1ccnc2c(Cl)ccnc12. The average molecular weight is 1690 g/mol. The van der Waals surface area contributed by atoms with Crippen molar-refractivity contribution in [2.24, 2.45) is 0 Å². The van der Waals surface area contributed by atoms with Gasteiger partial charge in [0.2, 0.25) is 0 Å². The predicted octanol–water partition coefficient (Wildman–Crippen LogP) is 30.2. The van der Waals surface area contributed by atoms with Crippen molar-refractivity contribution in [3.05, 3.63) is 195 Å². The normalized spacial score (nSPS) is 11.6. The Bertz CT molecular complexity index is 5970. The molecule has 3 aromatic carbocycles. The molecule has 0 aliphatic carbocycles. The van der Waals surface area contributed by atoms with Crippen LogP contribution in [0.15, 0.2) is 146 Å². The molecule has 12 aromatic heterocycles. The lowest BCUT2D eigenvalue weighted by Crippen LogP contribution is -2.03. The van der Waals surface area contributed by atoms with Crippen LogP contribution in [0.3, 0.4) is 0 Å². The highest BCUT2D eigenvalue weighted by Gasteiger charge is 2.24. The molecule has 120 heavy (non-hydrogen) atoms. The van der Waals surface area contributed by atoms with Gasteiger partial charge in [0.05, 0.1) is 85.6 Å². The van der Waals surface area contributed by atoms with Gasteiger partial charge in [-0.3, -0.25) is 34.9 Å². The number of ether oxygens (including phenoxy) is 3. The van der Waals surface area contributed by atoms with Crippen LogP contribution in [0.1, 0.15) is 241 Å². The summed E-state index contributed by atoms with van der Waals surface area (Å²) in [6.07, 6.45) is 49.3. The zero-order chi connectivity index (χ0) is 83.7. The van der Waals surface area contributed by atoms with E-state index in [1.165, 1.54) is 167 Å². The molecule has 19 heteroatoms. The zero-order valence-corrected chi connectivity index (χ0v) is 74.3. The fraction of sp³-hybridized carbons (Fsp3) is 0.406. The van der Waals surface area contributed by atoms with E-state index in [4.69, 9.17) is 95.5 Å². The Morgan fingerprint density at radius 1 is 0.233 bits per heavy atom. The first-order chi connectivity index (χ1) is 58.7. The number of aryl methyl sites for hydroxylation is 5. The van der Waals surface area contributed by atoms with Crippen LogP contribution in [0.25, 0.3) is 132 Å². The van der Waals surface area contributed by atoms with Gasteiger partial charge in [-0.25, -0.2) is 24.9 Å². The van der Waals surface area contributed by atoms with Crippen LogP contribution in [0.4, 0.5) is 0 Å². The van der Waals surface area contributed by atoms with Gasteiger partial charge in [0.1, 0.15) is 55.1 Å². The molecule has 0 N–H and O–H groups in total. The van der Waals surface area contributed by atoms with Crippen molar-refractivity contribution in [2.45, 2.75) is 248 Å². The number of fused-ring (bicyclic) bond motifs is 12. The molecular weight excluding hydrogens is 1570 g/mol. The molecule has 0 aliphatic rings. The summed E-state index contributed by atoms with van der Waals surface area (Å²) < 4.78 is 19.7. The summed E-state index contributed by atoms with van der Waals surface area (Å²) in [7, 11) is 0. The molecule has 0 amide bonds. The number of benzene rings is 3. The molecule has 0 unspecified atom stereocenters. The number of hydrogen-bond acceptors (Lipinski definition) is 15. The second kappa shape index (κ2) is 44.2. The summed E-state index contributed by atoms with van der Waals surface area (Å²) in [5.74, 6) is 2.64. The minimum absolute atomic E-state index is 0.440. The highest BCUT2D eigenvalue weighted by Crippen LogP contribution is 2.44. The Balaban J connectivity index is 0.000000240. The van der Waals surface area contributed by atoms with Gasteiger partial charge in [0, 0.05) is 109 Å².